The van der Waals surface area contributed by atoms with E-state index in [2.05, 4.69) is 32.8 Å². The Morgan fingerprint density at radius 3 is 2.68 bits per heavy atom. The average molecular weight is 398 g/mol. The summed E-state index contributed by atoms with van der Waals surface area (Å²) < 4.78 is 6.66. The van der Waals surface area contributed by atoms with Gasteiger partial charge in [0.2, 0.25) is 5.95 Å². The second-order valence-electron chi connectivity index (χ2n) is 6.60. The Kier molecular flexibility index (Phi) is 5.27. The van der Waals surface area contributed by atoms with E-state index in [-0.39, 0.29) is 30.5 Å². The highest BCUT2D eigenvalue weighted by atomic mass is 35.5. The van der Waals surface area contributed by atoms with Gasteiger partial charge in [-0.1, -0.05) is 54.1 Å². The largest absolute Gasteiger partial charge is 0.375 e. The van der Waals surface area contributed by atoms with Crippen LogP contribution in [-0.2, 0) is 9.53 Å². The van der Waals surface area contributed by atoms with Crippen LogP contribution in [0.1, 0.15) is 29.6 Å². The molecule has 0 saturated carbocycles. The van der Waals surface area contributed by atoms with Gasteiger partial charge >= 0.3 is 0 Å². The Balaban J connectivity index is 1.69. The summed E-state index contributed by atoms with van der Waals surface area (Å²) in [6, 6.07) is 18.0. The molecule has 0 fully saturated rings. The van der Waals surface area contributed by atoms with Crippen molar-refractivity contribution in [2.45, 2.75) is 18.5 Å². The van der Waals surface area contributed by atoms with Gasteiger partial charge in [-0.25, -0.2) is 4.68 Å². The molecule has 2 atom stereocenters. The number of ether oxygens (including phenoxy) is 1. The molecule has 0 aliphatic carbocycles. The fourth-order valence-electron chi connectivity index (χ4n) is 3.39. The number of carbonyl (C=O) groups excluding carboxylic acids is 1. The molecule has 7 nitrogen and oxygen atoms in total. The maximum atomic E-state index is 11.8. The normalized spacial score (nSPS) is 18.2. The lowest BCUT2D eigenvalue weighted by atomic mass is 9.93. The van der Waals surface area contributed by atoms with E-state index in [9.17, 15) is 4.79 Å². The molecule has 0 spiro atoms. The molecule has 0 bridgehead atoms. The van der Waals surface area contributed by atoms with Crippen LogP contribution in [0.3, 0.4) is 0 Å². The fourth-order valence-corrected chi connectivity index (χ4v) is 3.51. The van der Waals surface area contributed by atoms with Crippen molar-refractivity contribution in [3.05, 3.63) is 70.7 Å². The maximum absolute atomic E-state index is 11.8. The van der Waals surface area contributed by atoms with Gasteiger partial charge in [0.05, 0.1) is 12.1 Å². The van der Waals surface area contributed by atoms with Crippen LogP contribution in [0.5, 0.6) is 0 Å². The van der Waals surface area contributed by atoms with E-state index < -0.39 is 0 Å². The zero-order chi connectivity index (χ0) is 19.5. The van der Waals surface area contributed by atoms with Crippen LogP contribution >= 0.6 is 11.6 Å². The van der Waals surface area contributed by atoms with Crippen LogP contribution in [0.15, 0.2) is 54.6 Å². The molecule has 1 amide bonds. The van der Waals surface area contributed by atoms with Crippen molar-refractivity contribution in [2.24, 2.45) is 0 Å². The standard InChI is InChI=1S/C20H20ClN5O2/c1-28-12-18(27)23-19-24-20-22-16(13-5-3-2-4-6-13)11-17(26(20)25-19)14-7-9-15(21)10-8-14/h2-10,16-17H,11-12H2,1H3,(H2,22,23,24,25,27). The molecular weight excluding hydrogens is 378 g/mol. The van der Waals surface area contributed by atoms with Crippen molar-refractivity contribution in [3.8, 4) is 0 Å². The molecule has 2 unspecified atom stereocenters. The minimum atomic E-state index is -0.298. The summed E-state index contributed by atoms with van der Waals surface area (Å²) in [7, 11) is 1.47. The van der Waals surface area contributed by atoms with Gasteiger partial charge in [-0.15, -0.1) is 5.10 Å². The van der Waals surface area contributed by atoms with Gasteiger partial charge in [0, 0.05) is 12.1 Å². The zero-order valence-corrected chi connectivity index (χ0v) is 16.1. The van der Waals surface area contributed by atoms with Crippen molar-refractivity contribution in [2.75, 3.05) is 24.4 Å². The Labute approximate surface area is 167 Å². The molecule has 8 heteroatoms. The summed E-state index contributed by atoms with van der Waals surface area (Å²) in [6.07, 6.45) is 0.785. The summed E-state index contributed by atoms with van der Waals surface area (Å²) >= 11 is 6.06. The van der Waals surface area contributed by atoms with E-state index in [0.717, 1.165) is 12.0 Å². The number of anilines is 2. The number of aromatic nitrogens is 3. The molecule has 1 aromatic heterocycles. The lowest BCUT2D eigenvalue weighted by molar-refractivity contribution is -0.119. The number of carbonyl (C=O) groups is 1. The van der Waals surface area contributed by atoms with Crippen LogP contribution in [0.25, 0.3) is 0 Å². The summed E-state index contributed by atoms with van der Waals surface area (Å²) in [6.45, 7) is -0.0510. The molecule has 28 heavy (non-hydrogen) atoms. The first kappa shape index (κ1) is 18.5. The predicted molar refractivity (Wildman–Crippen MR) is 108 cm³/mol. The van der Waals surface area contributed by atoms with Gasteiger partial charge in [-0.05, 0) is 29.7 Å². The third kappa shape index (κ3) is 3.85. The monoisotopic (exact) mass is 397 g/mol. The van der Waals surface area contributed by atoms with Crippen molar-refractivity contribution in [1.29, 1.82) is 0 Å². The first-order valence-electron chi connectivity index (χ1n) is 8.96. The van der Waals surface area contributed by atoms with Crippen LogP contribution < -0.4 is 10.6 Å². The molecule has 0 saturated heterocycles. The first-order chi connectivity index (χ1) is 13.6. The number of rotatable bonds is 5. The molecule has 1 aliphatic heterocycles. The van der Waals surface area contributed by atoms with E-state index in [0.29, 0.717) is 11.0 Å². The quantitative estimate of drug-likeness (QED) is 0.686. The van der Waals surface area contributed by atoms with Gasteiger partial charge in [0.25, 0.3) is 11.9 Å². The Hall–Kier alpha value is -2.90. The SMILES string of the molecule is COCC(=O)Nc1nc2n(n1)C(c1ccc(Cl)cc1)CC(c1ccccc1)N2. The molecule has 3 aromatic rings. The molecule has 4 rings (SSSR count). The Morgan fingerprint density at radius 1 is 1.21 bits per heavy atom. The highest BCUT2D eigenvalue weighted by molar-refractivity contribution is 6.30. The van der Waals surface area contributed by atoms with E-state index in [1.54, 1.807) is 0 Å². The lowest BCUT2D eigenvalue weighted by Gasteiger charge is -2.31. The average Bonchev–Trinajstić information content (AvgIpc) is 3.11. The molecule has 2 aromatic carbocycles. The molecule has 2 heterocycles. The van der Waals surface area contributed by atoms with Gasteiger partial charge in [-0.3, -0.25) is 10.1 Å². The second kappa shape index (κ2) is 8.00. The van der Waals surface area contributed by atoms with Crippen LogP contribution in [-0.4, -0.2) is 34.4 Å². The smallest absolute Gasteiger partial charge is 0.252 e. The third-order valence-corrected chi connectivity index (χ3v) is 4.92. The van der Waals surface area contributed by atoms with Crippen molar-refractivity contribution in [1.82, 2.24) is 14.8 Å². The zero-order valence-electron chi connectivity index (χ0n) is 15.3. The van der Waals surface area contributed by atoms with Gasteiger partial charge < -0.3 is 10.1 Å². The minimum absolute atomic E-state index is 0.0423. The molecule has 2 N–H and O–H groups in total. The summed E-state index contributed by atoms with van der Waals surface area (Å²) in [5, 5.41) is 11.3. The number of fused-ring (bicyclic) bond motifs is 1. The number of nitrogens with one attached hydrogen (secondary N) is 2. The summed E-state index contributed by atoms with van der Waals surface area (Å²) in [4.78, 5) is 16.3. The number of methoxy groups -OCH3 is 1. The molecule has 144 valence electrons. The Morgan fingerprint density at radius 2 is 1.96 bits per heavy atom. The number of hydrogen-bond acceptors (Lipinski definition) is 5. The summed E-state index contributed by atoms with van der Waals surface area (Å²) in [5.74, 6) is 0.554. The maximum Gasteiger partial charge on any atom is 0.252 e. The highest BCUT2D eigenvalue weighted by Crippen LogP contribution is 2.38. The van der Waals surface area contributed by atoms with Crippen molar-refractivity contribution >= 4 is 29.4 Å². The predicted octanol–water partition coefficient (Wildman–Crippen LogP) is 3.66. The molecular formula is C20H20ClN5O2. The second-order valence-corrected chi connectivity index (χ2v) is 7.03. The van der Waals surface area contributed by atoms with E-state index in [4.69, 9.17) is 16.3 Å². The van der Waals surface area contributed by atoms with Crippen LogP contribution in [0.4, 0.5) is 11.9 Å². The highest BCUT2D eigenvalue weighted by Gasteiger charge is 2.31. The minimum Gasteiger partial charge on any atom is -0.375 e. The molecule has 0 radical (unpaired) electrons. The lowest BCUT2D eigenvalue weighted by Crippen LogP contribution is -2.28. The van der Waals surface area contributed by atoms with Gasteiger partial charge in [0.15, 0.2) is 0 Å². The number of halogens is 1. The van der Waals surface area contributed by atoms with Crippen molar-refractivity contribution < 1.29 is 9.53 Å². The van der Waals surface area contributed by atoms with Crippen LogP contribution in [0.2, 0.25) is 5.02 Å². The fraction of sp³-hybridized carbons (Fsp3) is 0.250. The van der Waals surface area contributed by atoms with E-state index >= 15 is 0 Å². The third-order valence-electron chi connectivity index (χ3n) is 4.67. The Bertz CT molecular complexity index is 958. The number of amides is 1. The topological polar surface area (TPSA) is 81.1 Å². The van der Waals surface area contributed by atoms with Gasteiger partial charge in [-0.2, -0.15) is 4.98 Å². The van der Waals surface area contributed by atoms with Crippen LogP contribution in [0, 0.1) is 0 Å². The number of nitrogens with zero attached hydrogens (tertiary/aromatic N) is 3. The number of benzene rings is 2. The van der Waals surface area contributed by atoms with Crippen molar-refractivity contribution in [3.63, 3.8) is 0 Å². The number of hydrogen-bond donors (Lipinski definition) is 2. The molecule has 1 aliphatic rings. The summed E-state index contributed by atoms with van der Waals surface area (Å²) in [5.41, 5.74) is 2.24. The first-order valence-corrected chi connectivity index (χ1v) is 9.34. The van der Waals surface area contributed by atoms with E-state index in [1.807, 2.05) is 47.1 Å². The van der Waals surface area contributed by atoms with Gasteiger partial charge in [0.1, 0.15) is 6.61 Å². The van der Waals surface area contributed by atoms with E-state index in [1.165, 1.54) is 12.7 Å².